The van der Waals surface area contributed by atoms with Crippen molar-refractivity contribution in [1.29, 1.82) is 0 Å². The van der Waals surface area contributed by atoms with Gasteiger partial charge in [-0.2, -0.15) is 0 Å². The van der Waals surface area contributed by atoms with E-state index in [1.807, 2.05) is 20.8 Å². The first-order chi connectivity index (χ1) is 11.7. The second kappa shape index (κ2) is 7.67. The van der Waals surface area contributed by atoms with Gasteiger partial charge in [0.25, 0.3) is 0 Å². The van der Waals surface area contributed by atoms with Crippen LogP contribution in [0.15, 0.2) is 18.2 Å². The van der Waals surface area contributed by atoms with E-state index in [-0.39, 0.29) is 30.1 Å². The highest BCUT2D eigenvalue weighted by Gasteiger charge is 2.27. The fourth-order valence-corrected chi connectivity index (χ4v) is 2.57. The minimum atomic E-state index is -0.676. The number of ether oxygens (including phenoxy) is 2. The molecule has 1 saturated heterocycles. The molecule has 7 nitrogen and oxygen atoms in total. The molecular formula is C17H23FN2O5. The third-order valence-electron chi connectivity index (χ3n) is 3.86. The summed E-state index contributed by atoms with van der Waals surface area (Å²) < 4.78 is 24.0. The van der Waals surface area contributed by atoms with Crippen molar-refractivity contribution in [1.82, 2.24) is 4.90 Å². The van der Waals surface area contributed by atoms with Crippen LogP contribution in [0.1, 0.15) is 33.6 Å². The van der Waals surface area contributed by atoms with E-state index in [1.165, 1.54) is 6.07 Å². The number of hydrogen-bond donors (Lipinski definition) is 0. The molecular weight excluding hydrogens is 331 g/mol. The van der Waals surface area contributed by atoms with Crippen LogP contribution in [0.3, 0.4) is 0 Å². The van der Waals surface area contributed by atoms with Crippen molar-refractivity contribution >= 4 is 11.8 Å². The van der Waals surface area contributed by atoms with Gasteiger partial charge in [-0.25, -0.2) is 9.18 Å². The Kier molecular flexibility index (Phi) is 5.81. The standard InChI is InChI=1S/C17H23FN2O5/c1-17(2,3)25-16(21)19-8-6-12(7-9-19)11-24-15-5-4-13(18)10-14(15)20(22)23/h4-5,10,12H,6-9,11H2,1-3H3. The fourth-order valence-electron chi connectivity index (χ4n) is 2.57. The van der Waals surface area contributed by atoms with Gasteiger partial charge in [0, 0.05) is 13.1 Å². The topological polar surface area (TPSA) is 81.9 Å². The van der Waals surface area contributed by atoms with E-state index in [4.69, 9.17) is 9.47 Å². The van der Waals surface area contributed by atoms with Crippen molar-refractivity contribution in [2.75, 3.05) is 19.7 Å². The number of amides is 1. The highest BCUT2D eigenvalue weighted by molar-refractivity contribution is 5.68. The van der Waals surface area contributed by atoms with Gasteiger partial charge < -0.3 is 14.4 Å². The smallest absolute Gasteiger partial charge is 0.410 e. The summed E-state index contributed by atoms with van der Waals surface area (Å²) in [6, 6.07) is 3.25. The summed E-state index contributed by atoms with van der Waals surface area (Å²) in [6.07, 6.45) is 1.10. The molecule has 25 heavy (non-hydrogen) atoms. The first-order valence-corrected chi connectivity index (χ1v) is 8.20. The molecule has 1 aromatic carbocycles. The predicted octanol–water partition coefficient (Wildman–Crippen LogP) is 3.76. The van der Waals surface area contributed by atoms with Crippen molar-refractivity contribution in [2.24, 2.45) is 5.92 Å². The highest BCUT2D eigenvalue weighted by Crippen LogP contribution is 2.29. The van der Waals surface area contributed by atoms with Crippen molar-refractivity contribution in [2.45, 2.75) is 39.2 Å². The summed E-state index contributed by atoms with van der Waals surface area (Å²) >= 11 is 0. The van der Waals surface area contributed by atoms with Crippen LogP contribution in [0.5, 0.6) is 5.75 Å². The molecule has 1 aliphatic heterocycles. The maximum Gasteiger partial charge on any atom is 0.410 e. The number of rotatable bonds is 4. The number of benzene rings is 1. The van der Waals surface area contributed by atoms with Crippen LogP contribution in [-0.4, -0.2) is 41.2 Å². The SMILES string of the molecule is CC(C)(C)OC(=O)N1CCC(COc2ccc(F)cc2[N+](=O)[O-])CC1. The van der Waals surface area contributed by atoms with E-state index in [0.29, 0.717) is 25.9 Å². The quantitative estimate of drug-likeness (QED) is 0.607. The normalized spacial score (nSPS) is 15.8. The predicted molar refractivity (Wildman–Crippen MR) is 89.1 cm³/mol. The van der Waals surface area contributed by atoms with Gasteiger partial charge in [-0.05, 0) is 51.7 Å². The number of nitro groups is 1. The van der Waals surface area contributed by atoms with E-state index >= 15 is 0 Å². The van der Waals surface area contributed by atoms with E-state index < -0.39 is 16.3 Å². The molecule has 8 heteroatoms. The molecule has 0 atom stereocenters. The number of nitrogens with zero attached hydrogens (tertiary/aromatic N) is 2. The van der Waals surface area contributed by atoms with Crippen LogP contribution in [0, 0.1) is 21.8 Å². The van der Waals surface area contributed by atoms with Crippen LogP contribution in [0.4, 0.5) is 14.9 Å². The Hall–Kier alpha value is -2.38. The van der Waals surface area contributed by atoms with Gasteiger partial charge in [0.15, 0.2) is 5.75 Å². The van der Waals surface area contributed by atoms with Crippen LogP contribution in [0.25, 0.3) is 0 Å². The Labute approximate surface area is 145 Å². The zero-order valence-corrected chi connectivity index (χ0v) is 14.7. The first-order valence-electron chi connectivity index (χ1n) is 8.20. The number of carbonyl (C=O) groups excluding carboxylic acids is 1. The van der Waals surface area contributed by atoms with Crippen LogP contribution in [-0.2, 0) is 4.74 Å². The number of halogens is 1. The molecule has 1 amide bonds. The van der Waals surface area contributed by atoms with Crippen molar-refractivity contribution in [3.05, 3.63) is 34.1 Å². The van der Waals surface area contributed by atoms with Crippen LogP contribution >= 0.6 is 0 Å². The van der Waals surface area contributed by atoms with E-state index in [9.17, 15) is 19.3 Å². The average molecular weight is 354 g/mol. The van der Waals surface area contributed by atoms with Crippen molar-refractivity contribution in [3.8, 4) is 5.75 Å². The zero-order chi connectivity index (χ0) is 18.6. The second-order valence-electron chi connectivity index (χ2n) is 7.09. The highest BCUT2D eigenvalue weighted by atomic mass is 19.1. The molecule has 1 aliphatic rings. The largest absolute Gasteiger partial charge is 0.487 e. The summed E-state index contributed by atoms with van der Waals surface area (Å²) in [7, 11) is 0. The van der Waals surface area contributed by atoms with Crippen LogP contribution in [0.2, 0.25) is 0 Å². The van der Waals surface area contributed by atoms with Gasteiger partial charge in [0.05, 0.1) is 17.6 Å². The molecule has 1 aromatic rings. The minimum absolute atomic E-state index is 0.0565. The Bertz CT molecular complexity index is 636. The maximum atomic E-state index is 13.1. The number of carbonyl (C=O) groups is 1. The summed E-state index contributed by atoms with van der Waals surface area (Å²) in [5, 5.41) is 11.0. The maximum absolute atomic E-state index is 13.1. The molecule has 0 aromatic heterocycles. The molecule has 0 unspecified atom stereocenters. The second-order valence-corrected chi connectivity index (χ2v) is 7.09. The summed E-state index contributed by atoms with van der Waals surface area (Å²) in [4.78, 5) is 24.0. The average Bonchev–Trinajstić information content (AvgIpc) is 2.52. The lowest BCUT2D eigenvalue weighted by Crippen LogP contribution is -2.42. The first kappa shape index (κ1) is 19.0. The van der Waals surface area contributed by atoms with E-state index in [0.717, 1.165) is 12.1 Å². The number of piperidine rings is 1. The zero-order valence-electron chi connectivity index (χ0n) is 14.7. The van der Waals surface area contributed by atoms with Gasteiger partial charge in [-0.15, -0.1) is 0 Å². The lowest BCUT2D eigenvalue weighted by molar-refractivity contribution is -0.386. The molecule has 0 radical (unpaired) electrons. The molecule has 0 spiro atoms. The van der Waals surface area contributed by atoms with Gasteiger partial charge in [0.2, 0.25) is 0 Å². The molecule has 0 bridgehead atoms. The number of likely N-dealkylation sites (tertiary alicyclic amines) is 1. The van der Waals surface area contributed by atoms with Gasteiger partial charge >= 0.3 is 11.8 Å². The number of hydrogen-bond acceptors (Lipinski definition) is 5. The summed E-state index contributed by atoms with van der Waals surface area (Å²) in [5.41, 5.74) is -0.912. The Morgan fingerprint density at radius 1 is 1.36 bits per heavy atom. The third kappa shape index (κ3) is 5.58. The Morgan fingerprint density at radius 3 is 2.56 bits per heavy atom. The monoisotopic (exact) mass is 354 g/mol. The lowest BCUT2D eigenvalue weighted by Gasteiger charge is -2.33. The van der Waals surface area contributed by atoms with Crippen LogP contribution < -0.4 is 4.74 Å². The van der Waals surface area contributed by atoms with Gasteiger partial charge in [-0.3, -0.25) is 10.1 Å². The molecule has 0 saturated carbocycles. The molecule has 1 fully saturated rings. The molecule has 0 aliphatic carbocycles. The third-order valence-corrected chi connectivity index (χ3v) is 3.86. The number of nitro benzene ring substituents is 1. The molecule has 0 N–H and O–H groups in total. The Balaban J connectivity index is 1.85. The molecule has 2 rings (SSSR count). The molecule has 1 heterocycles. The fraction of sp³-hybridized carbons (Fsp3) is 0.588. The van der Waals surface area contributed by atoms with E-state index in [1.54, 1.807) is 4.90 Å². The van der Waals surface area contributed by atoms with Gasteiger partial charge in [0.1, 0.15) is 11.4 Å². The van der Waals surface area contributed by atoms with Crippen molar-refractivity contribution < 1.29 is 23.6 Å². The summed E-state index contributed by atoms with van der Waals surface area (Å²) in [5.74, 6) is -0.450. The van der Waals surface area contributed by atoms with Crippen molar-refractivity contribution in [3.63, 3.8) is 0 Å². The van der Waals surface area contributed by atoms with E-state index in [2.05, 4.69) is 0 Å². The minimum Gasteiger partial charge on any atom is -0.487 e. The van der Waals surface area contributed by atoms with Gasteiger partial charge in [-0.1, -0.05) is 0 Å². The lowest BCUT2D eigenvalue weighted by atomic mass is 9.98. The summed E-state index contributed by atoms with van der Waals surface area (Å²) in [6.45, 7) is 6.85. The molecule has 138 valence electrons. The Morgan fingerprint density at radius 2 is 2.00 bits per heavy atom.